The van der Waals surface area contributed by atoms with E-state index in [0.717, 1.165) is 43.8 Å². The Hall–Kier alpha value is -3.16. The normalized spacial score (nSPS) is 47.8. The predicted molar refractivity (Wildman–Crippen MR) is 267 cm³/mol. The first-order valence-electron chi connectivity index (χ1n) is 27.2. The van der Waals surface area contributed by atoms with Crippen molar-refractivity contribution in [3.8, 4) is 5.75 Å². The van der Waals surface area contributed by atoms with Crippen molar-refractivity contribution in [3.63, 3.8) is 0 Å². The molecule has 23 unspecified atom stereocenters. The zero-order valence-electron chi connectivity index (χ0n) is 44.6. The van der Waals surface area contributed by atoms with Crippen LogP contribution in [0.5, 0.6) is 5.75 Å². The Morgan fingerprint density at radius 2 is 1.30 bits per heavy atom. The van der Waals surface area contributed by atoms with Gasteiger partial charge in [0, 0.05) is 6.08 Å². The molecule has 8 aliphatic rings. The fourth-order valence-corrected chi connectivity index (χ4v) is 15.7. The van der Waals surface area contributed by atoms with E-state index >= 15 is 4.79 Å². The fraction of sp³-hybridized carbons (Fsp3) is 0.786. The number of allylic oxidation sites excluding steroid dienone is 2. The Kier molecular flexibility index (Phi) is 15.9. The van der Waals surface area contributed by atoms with Crippen LogP contribution in [0.2, 0.25) is 0 Å². The van der Waals surface area contributed by atoms with Gasteiger partial charge in [0.25, 0.3) is 0 Å². The van der Waals surface area contributed by atoms with Crippen molar-refractivity contribution in [2.45, 2.75) is 204 Å². The second kappa shape index (κ2) is 21.1. The predicted octanol–water partition coefficient (Wildman–Crippen LogP) is 1.37. The van der Waals surface area contributed by atoms with E-state index in [1.165, 1.54) is 30.3 Å². The van der Waals surface area contributed by atoms with Crippen molar-refractivity contribution in [1.29, 1.82) is 0 Å². The molecule has 0 radical (unpaired) electrons. The van der Waals surface area contributed by atoms with Gasteiger partial charge in [-0.3, -0.25) is 4.79 Å². The molecule has 3 aliphatic heterocycles. The monoisotopic (exact) mass is 1070 g/mol. The summed E-state index contributed by atoms with van der Waals surface area (Å²) in [6.45, 7) is 13.8. The highest BCUT2D eigenvalue weighted by molar-refractivity contribution is 5.87. The fourth-order valence-electron chi connectivity index (χ4n) is 15.7. The number of esters is 2. The summed E-state index contributed by atoms with van der Waals surface area (Å²) < 4.78 is 41.2. The Bertz CT molecular complexity index is 2320. The molecule has 0 spiro atoms. The number of hydrogen-bond acceptors (Lipinski definition) is 20. The number of benzene rings is 1. The van der Waals surface area contributed by atoms with E-state index < -0.39 is 141 Å². The molecule has 7 fully saturated rings. The zero-order chi connectivity index (χ0) is 55.2. The Labute approximate surface area is 443 Å². The van der Waals surface area contributed by atoms with Crippen LogP contribution in [0, 0.1) is 50.2 Å². The lowest BCUT2D eigenvalue weighted by molar-refractivity contribution is -0.347. The van der Waals surface area contributed by atoms with Gasteiger partial charge in [-0.15, -0.1) is 0 Å². The minimum Gasteiger partial charge on any atom is -0.462 e. The van der Waals surface area contributed by atoms with E-state index in [9.17, 15) is 61.0 Å². The maximum absolute atomic E-state index is 15.5. The minimum atomic E-state index is -1.92. The van der Waals surface area contributed by atoms with Gasteiger partial charge in [0.05, 0.1) is 32.0 Å². The molecule has 1 aromatic rings. The first-order valence-corrected chi connectivity index (χ1v) is 27.2. The average molecular weight is 1080 g/mol. The van der Waals surface area contributed by atoms with Crippen molar-refractivity contribution in [2.24, 2.45) is 50.2 Å². The van der Waals surface area contributed by atoms with E-state index in [4.69, 9.17) is 33.2 Å². The number of ether oxygens (including phenoxy) is 7. The van der Waals surface area contributed by atoms with Gasteiger partial charge >= 0.3 is 11.9 Å². The molecule has 0 bridgehead atoms. The lowest BCUT2D eigenvalue weighted by atomic mass is 9.33. The van der Waals surface area contributed by atoms with Crippen LogP contribution in [0.25, 0.3) is 6.08 Å². The van der Waals surface area contributed by atoms with Gasteiger partial charge in [0.15, 0.2) is 12.4 Å². The number of aliphatic hydroxyl groups is 11. The van der Waals surface area contributed by atoms with Crippen LogP contribution in [0.3, 0.4) is 0 Å². The topological polar surface area (TPSA) is 321 Å². The van der Waals surface area contributed by atoms with Crippen LogP contribution in [-0.4, -0.2) is 186 Å². The maximum atomic E-state index is 15.5. The molecule has 11 N–H and O–H groups in total. The van der Waals surface area contributed by atoms with E-state index in [-0.39, 0.29) is 52.3 Å². The average Bonchev–Trinajstić information content (AvgIpc) is 3.46. The standard InChI is InChI=1S/C56H82O20/c1-51(2)20-21-56(30(22-51)29-13-14-35-53(5)18-17-36(60)52(3,4)34(53)16-19-54(35,6)55(29,7)23-37(56)61)50(69)76-49-46(45(31(59)26-70-49)75-48-44(68)42(66)40(64)33(25-58)73-48)74-38(62)15-10-27-8-11-28(12-9-27)71-47-43(67)41(65)39(63)32(24-57)72-47/h8-13,15,30-37,39-49,57-61,63-68H,14,16-26H2,1-7H3/b15-10+. The van der Waals surface area contributed by atoms with Gasteiger partial charge in [-0.1, -0.05) is 72.2 Å². The minimum absolute atomic E-state index is 0.0660. The Balaban J connectivity index is 0.993. The van der Waals surface area contributed by atoms with Crippen LogP contribution >= 0.6 is 0 Å². The summed E-state index contributed by atoms with van der Waals surface area (Å²) in [6, 6.07) is 6.00. The SMILES string of the molecule is CC1(C)CCC2(C(=O)OC3OCC(O)C(OC4OC(CO)C(O)C(O)C4O)C3OC(=O)/C=C/c3ccc(OC4OC(CO)C(O)C(O)C4O)cc3)C(O)CC3(C)C(=CCC4C5(C)CCC(O)C(C)(C)C5CCC43C)C2C1. The largest absolute Gasteiger partial charge is 0.462 e. The number of rotatable bonds is 11. The summed E-state index contributed by atoms with van der Waals surface area (Å²) in [4.78, 5) is 29.4. The Morgan fingerprint density at radius 1 is 0.671 bits per heavy atom. The molecule has 3 saturated heterocycles. The van der Waals surface area contributed by atoms with E-state index in [1.54, 1.807) is 0 Å². The zero-order valence-corrected chi connectivity index (χ0v) is 44.6. The third kappa shape index (κ3) is 9.59. The highest BCUT2D eigenvalue weighted by Crippen LogP contribution is 2.76. The second-order valence-electron chi connectivity index (χ2n) is 25.4. The van der Waals surface area contributed by atoms with Crippen molar-refractivity contribution >= 4 is 18.0 Å². The first kappa shape index (κ1) is 57.5. The second-order valence-corrected chi connectivity index (χ2v) is 25.4. The highest BCUT2D eigenvalue weighted by atomic mass is 16.8. The third-order valence-corrected chi connectivity index (χ3v) is 20.5. The number of hydrogen-bond donors (Lipinski definition) is 11. The quantitative estimate of drug-likeness (QED) is 0.0847. The van der Waals surface area contributed by atoms with Gasteiger partial charge in [-0.2, -0.15) is 0 Å². The Morgan fingerprint density at radius 3 is 1.95 bits per heavy atom. The molecule has 76 heavy (non-hydrogen) atoms. The van der Waals surface area contributed by atoms with Crippen LogP contribution in [-0.2, 0) is 38.0 Å². The molecule has 23 atom stereocenters. The van der Waals surface area contributed by atoms with E-state index in [2.05, 4.69) is 54.5 Å². The van der Waals surface area contributed by atoms with Crippen LogP contribution < -0.4 is 4.74 Å². The van der Waals surface area contributed by atoms with Gasteiger partial charge < -0.3 is 89.3 Å². The molecular weight excluding hydrogens is 993 g/mol. The van der Waals surface area contributed by atoms with Crippen molar-refractivity contribution in [3.05, 3.63) is 47.6 Å². The molecule has 20 heteroatoms. The number of aliphatic hydroxyl groups excluding tert-OH is 11. The van der Waals surface area contributed by atoms with Gasteiger partial charge in [-0.25, -0.2) is 4.79 Å². The van der Waals surface area contributed by atoms with Crippen LogP contribution in [0.1, 0.15) is 112 Å². The van der Waals surface area contributed by atoms with Crippen LogP contribution in [0.4, 0.5) is 0 Å². The van der Waals surface area contributed by atoms with Gasteiger partial charge in [-0.05, 0) is 126 Å². The summed E-state index contributed by atoms with van der Waals surface area (Å²) in [5, 5.41) is 118. The molecule has 1 aromatic carbocycles. The number of carbonyl (C=O) groups is 2. The lowest BCUT2D eigenvalue weighted by Crippen LogP contribution is -2.68. The molecule has 20 nitrogen and oxygen atoms in total. The molecule has 0 amide bonds. The molecule has 426 valence electrons. The van der Waals surface area contributed by atoms with E-state index in [0.29, 0.717) is 24.3 Å². The molecule has 0 aromatic heterocycles. The molecule has 3 heterocycles. The van der Waals surface area contributed by atoms with Crippen molar-refractivity contribution in [1.82, 2.24) is 0 Å². The molecule has 9 rings (SSSR count). The van der Waals surface area contributed by atoms with Gasteiger partial charge in [0.2, 0.25) is 12.6 Å². The maximum Gasteiger partial charge on any atom is 0.331 e. The summed E-state index contributed by atoms with van der Waals surface area (Å²) in [7, 11) is 0. The third-order valence-electron chi connectivity index (χ3n) is 20.5. The summed E-state index contributed by atoms with van der Waals surface area (Å²) >= 11 is 0. The van der Waals surface area contributed by atoms with Gasteiger partial charge in [0.1, 0.15) is 72.2 Å². The summed E-state index contributed by atoms with van der Waals surface area (Å²) in [5.74, 6) is -1.56. The molecular formula is C56H82O20. The van der Waals surface area contributed by atoms with Crippen molar-refractivity contribution in [2.75, 3.05) is 19.8 Å². The van der Waals surface area contributed by atoms with Crippen LogP contribution in [0.15, 0.2) is 42.0 Å². The summed E-state index contributed by atoms with van der Waals surface area (Å²) in [6.07, 6.45) is -14.0. The van der Waals surface area contributed by atoms with E-state index in [1.807, 2.05) is 0 Å². The highest BCUT2D eigenvalue weighted by Gasteiger charge is 2.72. The number of fused-ring (bicyclic) bond motifs is 7. The number of carbonyl (C=O) groups excluding carboxylic acids is 2. The lowest BCUT2D eigenvalue weighted by Gasteiger charge is -2.71. The molecule has 5 aliphatic carbocycles. The first-order chi connectivity index (χ1) is 35.7. The smallest absolute Gasteiger partial charge is 0.331 e. The summed E-state index contributed by atoms with van der Waals surface area (Å²) in [5.41, 5.74) is -1.23. The van der Waals surface area contributed by atoms with Crippen molar-refractivity contribution < 1.29 is 98.9 Å². The molecule has 4 saturated carbocycles.